The van der Waals surface area contributed by atoms with Gasteiger partial charge in [0.1, 0.15) is 5.82 Å². The average molecular weight is 345 g/mol. The first-order valence-corrected chi connectivity index (χ1v) is 8.54. The maximum atomic E-state index is 13.7. The van der Waals surface area contributed by atoms with Crippen LogP contribution in [0, 0.1) is 18.7 Å². The van der Waals surface area contributed by atoms with Gasteiger partial charge < -0.3 is 14.1 Å². The number of halogens is 1. The van der Waals surface area contributed by atoms with Crippen molar-refractivity contribution < 1.29 is 18.3 Å². The van der Waals surface area contributed by atoms with Crippen LogP contribution in [0.1, 0.15) is 23.8 Å². The minimum atomic E-state index is -0.332. The van der Waals surface area contributed by atoms with E-state index < -0.39 is 0 Å². The smallest absolute Gasteiger partial charge is 0.227 e. The van der Waals surface area contributed by atoms with Gasteiger partial charge in [0.2, 0.25) is 17.7 Å². The number of likely N-dealkylation sites (tertiary alicyclic amines) is 1. The molecule has 1 aromatic heterocycles. The van der Waals surface area contributed by atoms with Crippen molar-refractivity contribution in [1.29, 1.82) is 0 Å². The lowest BCUT2D eigenvalue weighted by Gasteiger charge is -2.19. The van der Waals surface area contributed by atoms with E-state index in [1.165, 1.54) is 6.07 Å². The number of benzene rings is 1. The van der Waals surface area contributed by atoms with Crippen molar-refractivity contribution in [3.63, 3.8) is 0 Å². The van der Waals surface area contributed by atoms with Crippen molar-refractivity contribution in [2.75, 3.05) is 13.1 Å². The average Bonchev–Trinajstić information content (AvgIpc) is 3.24. The molecule has 0 saturated carbocycles. The van der Waals surface area contributed by atoms with Gasteiger partial charge in [-0.2, -0.15) is 0 Å². The van der Waals surface area contributed by atoms with Gasteiger partial charge in [-0.1, -0.05) is 18.2 Å². The largest absolute Gasteiger partial charge is 0.426 e. The first kappa shape index (κ1) is 16.2. The molecule has 1 amide bonds. The van der Waals surface area contributed by atoms with Crippen LogP contribution in [0.4, 0.5) is 4.39 Å². The Balaban J connectivity index is 1.31. The van der Waals surface area contributed by atoms with Crippen molar-refractivity contribution >= 4 is 5.91 Å². The number of carbonyl (C=O) groups excluding carboxylic acids is 1. The van der Waals surface area contributed by atoms with Crippen LogP contribution >= 0.6 is 0 Å². The van der Waals surface area contributed by atoms with Gasteiger partial charge in [0.25, 0.3) is 0 Å². The van der Waals surface area contributed by atoms with E-state index in [1.807, 2.05) is 0 Å². The Labute approximate surface area is 145 Å². The molecule has 2 fully saturated rings. The van der Waals surface area contributed by atoms with Crippen LogP contribution < -0.4 is 0 Å². The van der Waals surface area contributed by atoms with Crippen molar-refractivity contribution in [3.8, 4) is 0 Å². The third-order valence-corrected chi connectivity index (χ3v) is 4.94. The third-order valence-electron chi connectivity index (χ3n) is 4.94. The molecule has 0 unspecified atom stereocenters. The van der Waals surface area contributed by atoms with Gasteiger partial charge in [-0.25, -0.2) is 4.39 Å². The highest BCUT2D eigenvalue weighted by atomic mass is 19.1. The Kier molecular flexibility index (Phi) is 4.25. The summed E-state index contributed by atoms with van der Waals surface area (Å²) in [6, 6.07) is 6.41. The van der Waals surface area contributed by atoms with E-state index in [0.29, 0.717) is 42.8 Å². The fraction of sp³-hybridized carbons (Fsp3) is 0.500. The minimum Gasteiger partial charge on any atom is -0.426 e. The number of aryl methyl sites for hydroxylation is 1. The molecule has 0 aliphatic carbocycles. The van der Waals surface area contributed by atoms with Gasteiger partial charge in [0, 0.05) is 25.9 Å². The molecule has 3 atom stereocenters. The number of nitrogens with zero attached hydrogens (tertiary/aromatic N) is 3. The molecular formula is C18H20FN3O3. The quantitative estimate of drug-likeness (QED) is 0.847. The van der Waals surface area contributed by atoms with Crippen LogP contribution in [0.3, 0.4) is 0 Å². The molecule has 25 heavy (non-hydrogen) atoms. The number of hydrogen-bond acceptors (Lipinski definition) is 5. The summed E-state index contributed by atoms with van der Waals surface area (Å²) in [7, 11) is 0. The van der Waals surface area contributed by atoms with E-state index >= 15 is 0 Å². The summed E-state index contributed by atoms with van der Waals surface area (Å²) in [4.78, 5) is 14.2. The van der Waals surface area contributed by atoms with Crippen LogP contribution in [0.15, 0.2) is 28.7 Å². The van der Waals surface area contributed by atoms with Gasteiger partial charge in [0.05, 0.1) is 25.0 Å². The molecule has 7 heteroatoms. The molecule has 6 nitrogen and oxygen atoms in total. The number of carbonyl (C=O) groups is 1. The topological polar surface area (TPSA) is 68.5 Å². The first-order chi connectivity index (χ1) is 12.1. The highest BCUT2D eigenvalue weighted by molar-refractivity contribution is 5.79. The SMILES string of the molecule is Cc1nnc(C[C@@H]2C[C@@H]3CN(C(=O)Cc4ccccc4F)C[C@@H]3O2)o1. The van der Waals surface area contributed by atoms with E-state index in [2.05, 4.69) is 10.2 Å². The predicted molar refractivity (Wildman–Crippen MR) is 86.2 cm³/mol. The summed E-state index contributed by atoms with van der Waals surface area (Å²) in [5.74, 6) is 1.08. The maximum absolute atomic E-state index is 13.7. The third kappa shape index (κ3) is 3.42. The number of aromatic nitrogens is 2. The van der Waals surface area contributed by atoms with Crippen molar-refractivity contribution in [1.82, 2.24) is 15.1 Å². The molecular weight excluding hydrogens is 325 g/mol. The molecule has 2 aromatic rings. The molecule has 4 rings (SSSR count). The summed E-state index contributed by atoms with van der Waals surface area (Å²) in [5.41, 5.74) is 0.440. The van der Waals surface area contributed by atoms with Crippen LogP contribution in [0.5, 0.6) is 0 Å². The first-order valence-electron chi connectivity index (χ1n) is 8.54. The number of rotatable bonds is 4. The summed E-state index contributed by atoms with van der Waals surface area (Å²) >= 11 is 0. The van der Waals surface area contributed by atoms with Gasteiger partial charge in [-0.05, 0) is 18.1 Å². The van der Waals surface area contributed by atoms with E-state index in [9.17, 15) is 9.18 Å². The van der Waals surface area contributed by atoms with Gasteiger partial charge in [0.15, 0.2) is 0 Å². The zero-order valence-electron chi connectivity index (χ0n) is 14.0. The zero-order chi connectivity index (χ0) is 17.4. The number of hydrogen-bond donors (Lipinski definition) is 0. The Morgan fingerprint density at radius 1 is 1.32 bits per heavy atom. The normalized spacial score (nSPS) is 25.4. The van der Waals surface area contributed by atoms with Gasteiger partial charge in [-0.15, -0.1) is 10.2 Å². The lowest BCUT2D eigenvalue weighted by atomic mass is 10.0. The molecule has 0 spiro atoms. The van der Waals surface area contributed by atoms with E-state index in [0.717, 1.165) is 6.42 Å². The second-order valence-corrected chi connectivity index (χ2v) is 6.78. The Morgan fingerprint density at radius 3 is 2.88 bits per heavy atom. The monoisotopic (exact) mass is 345 g/mol. The number of ether oxygens (including phenoxy) is 1. The molecule has 0 radical (unpaired) electrons. The van der Waals surface area contributed by atoms with Crippen LogP contribution in [-0.4, -0.2) is 46.3 Å². The van der Waals surface area contributed by atoms with Gasteiger partial charge >= 0.3 is 0 Å². The van der Waals surface area contributed by atoms with Crippen molar-refractivity contribution in [3.05, 3.63) is 47.4 Å². The maximum Gasteiger partial charge on any atom is 0.227 e. The molecule has 2 aliphatic rings. The van der Waals surface area contributed by atoms with Crippen LogP contribution in [-0.2, 0) is 22.4 Å². The zero-order valence-corrected chi connectivity index (χ0v) is 14.0. The minimum absolute atomic E-state index is 0.0404. The van der Waals surface area contributed by atoms with Crippen LogP contribution in [0.2, 0.25) is 0 Å². The summed E-state index contributed by atoms with van der Waals surface area (Å²) in [6.07, 6.45) is 1.67. The van der Waals surface area contributed by atoms with Crippen LogP contribution in [0.25, 0.3) is 0 Å². The molecule has 2 saturated heterocycles. The van der Waals surface area contributed by atoms with Crippen molar-refractivity contribution in [2.45, 2.75) is 38.4 Å². The fourth-order valence-corrected chi connectivity index (χ4v) is 3.73. The van der Waals surface area contributed by atoms with E-state index in [4.69, 9.17) is 9.15 Å². The highest BCUT2D eigenvalue weighted by Crippen LogP contribution is 2.34. The Morgan fingerprint density at radius 2 is 2.16 bits per heavy atom. The molecule has 132 valence electrons. The molecule has 1 aromatic carbocycles. The highest BCUT2D eigenvalue weighted by Gasteiger charge is 2.43. The predicted octanol–water partition coefficient (Wildman–Crippen LogP) is 1.92. The second-order valence-electron chi connectivity index (χ2n) is 6.78. The Bertz CT molecular complexity index is 764. The van der Waals surface area contributed by atoms with E-state index in [-0.39, 0.29) is 30.4 Å². The molecule has 2 aliphatic heterocycles. The van der Waals surface area contributed by atoms with E-state index in [1.54, 1.807) is 30.0 Å². The number of amides is 1. The molecule has 0 N–H and O–H groups in total. The van der Waals surface area contributed by atoms with Crippen molar-refractivity contribution in [2.24, 2.45) is 5.92 Å². The number of fused-ring (bicyclic) bond motifs is 1. The molecule has 3 heterocycles. The summed E-state index contributed by atoms with van der Waals surface area (Å²) in [6.45, 7) is 2.99. The lowest BCUT2D eigenvalue weighted by Crippen LogP contribution is -2.33. The standard InChI is InChI=1S/C18H20FN3O3/c1-11-20-21-17(24-11)8-14-6-13-9-22(10-16(13)25-14)18(23)7-12-4-2-3-5-15(12)19/h2-5,13-14,16H,6-10H2,1H3/t13-,14+,16+/m1/s1. The fourth-order valence-electron chi connectivity index (χ4n) is 3.73. The van der Waals surface area contributed by atoms with Gasteiger partial charge in [-0.3, -0.25) is 4.79 Å². The summed E-state index contributed by atoms with van der Waals surface area (Å²) < 4.78 is 25.2. The Hall–Kier alpha value is -2.28. The lowest BCUT2D eigenvalue weighted by molar-refractivity contribution is -0.130. The summed E-state index contributed by atoms with van der Waals surface area (Å²) in [5, 5.41) is 7.83. The molecule has 0 bridgehead atoms. The second kappa shape index (κ2) is 6.55.